The van der Waals surface area contributed by atoms with Crippen LogP contribution in [0.25, 0.3) is 11.3 Å². The Kier molecular flexibility index (Phi) is 3.72. The lowest BCUT2D eigenvalue weighted by Crippen LogP contribution is -2.18. The molecule has 1 aliphatic carbocycles. The Morgan fingerprint density at radius 2 is 1.83 bits per heavy atom. The van der Waals surface area contributed by atoms with E-state index in [1.165, 1.54) is 23.3 Å². The summed E-state index contributed by atoms with van der Waals surface area (Å²) < 4.78 is 18.9. The van der Waals surface area contributed by atoms with Crippen LogP contribution >= 0.6 is 0 Å². The summed E-state index contributed by atoms with van der Waals surface area (Å²) in [5.41, 5.74) is 3.73. The van der Waals surface area contributed by atoms with E-state index in [4.69, 9.17) is 4.42 Å². The predicted molar refractivity (Wildman–Crippen MR) is 88.4 cm³/mol. The summed E-state index contributed by atoms with van der Waals surface area (Å²) in [5, 5.41) is 3.57. The molecule has 1 atom stereocenters. The Morgan fingerprint density at radius 3 is 2.70 bits per heavy atom. The number of hydrogen-bond acceptors (Lipinski definition) is 2. The highest BCUT2D eigenvalue weighted by atomic mass is 19.1. The largest absolute Gasteiger partial charge is 0.460 e. The van der Waals surface area contributed by atoms with Gasteiger partial charge in [-0.1, -0.05) is 24.3 Å². The fourth-order valence-electron chi connectivity index (χ4n) is 3.24. The van der Waals surface area contributed by atoms with Gasteiger partial charge in [0.1, 0.15) is 17.3 Å². The highest BCUT2D eigenvalue weighted by Gasteiger charge is 2.21. The van der Waals surface area contributed by atoms with E-state index in [0.29, 0.717) is 12.6 Å². The molecule has 116 valence electrons. The van der Waals surface area contributed by atoms with Crippen molar-refractivity contribution in [2.24, 2.45) is 0 Å². The van der Waals surface area contributed by atoms with E-state index < -0.39 is 0 Å². The van der Waals surface area contributed by atoms with Gasteiger partial charge >= 0.3 is 0 Å². The van der Waals surface area contributed by atoms with Gasteiger partial charge in [-0.05, 0) is 60.4 Å². The van der Waals surface area contributed by atoms with Gasteiger partial charge in [0.05, 0.1) is 6.54 Å². The molecule has 0 spiro atoms. The van der Waals surface area contributed by atoms with Crippen molar-refractivity contribution in [3.8, 4) is 11.3 Å². The first-order valence-corrected chi connectivity index (χ1v) is 7.95. The molecule has 0 radical (unpaired) electrons. The monoisotopic (exact) mass is 307 g/mol. The molecule has 0 saturated heterocycles. The number of hydrogen-bond donors (Lipinski definition) is 1. The second-order valence-electron chi connectivity index (χ2n) is 5.94. The van der Waals surface area contributed by atoms with Crippen LogP contribution in [0.4, 0.5) is 4.39 Å². The van der Waals surface area contributed by atoms with Crippen LogP contribution in [0.1, 0.15) is 29.3 Å². The molecule has 0 saturated carbocycles. The first kappa shape index (κ1) is 14.2. The number of aryl methyl sites for hydroxylation is 1. The molecule has 1 aliphatic rings. The molecule has 0 aliphatic heterocycles. The van der Waals surface area contributed by atoms with Gasteiger partial charge in [0.25, 0.3) is 0 Å². The van der Waals surface area contributed by atoms with Crippen molar-refractivity contribution < 1.29 is 8.81 Å². The van der Waals surface area contributed by atoms with E-state index in [-0.39, 0.29) is 5.82 Å². The first-order valence-electron chi connectivity index (χ1n) is 7.95. The molecule has 1 N–H and O–H groups in total. The number of nitrogens with one attached hydrogen (secondary N) is 1. The van der Waals surface area contributed by atoms with E-state index in [0.717, 1.165) is 29.9 Å². The smallest absolute Gasteiger partial charge is 0.134 e. The van der Waals surface area contributed by atoms with Crippen LogP contribution in [0, 0.1) is 5.82 Å². The summed E-state index contributed by atoms with van der Waals surface area (Å²) in [6.07, 6.45) is 2.26. The Hall–Kier alpha value is -2.39. The first-order chi connectivity index (χ1) is 11.3. The topological polar surface area (TPSA) is 25.2 Å². The van der Waals surface area contributed by atoms with Crippen molar-refractivity contribution in [1.29, 1.82) is 0 Å². The highest BCUT2D eigenvalue weighted by Crippen LogP contribution is 2.31. The zero-order chi connectivity index (χ0) is 15.6. The predicted octanol–water partition coefficient (Wildman–Crippen LogP) is 4.86. The van der Waals surface area contributed by atoms with Gasteiger partial charge in [0, 0.05) is 11.6 Å². The van der Waals surface area contributed by atoms with Gasteiger partial charge in [-0.25, -0.2) is 4.39 Å². The fourth-order valence-corrected chi connectivity index (χ4v) is 3.24. The molecule has 2 aromatic carbocycles. The molecule has 3 heteroatoms. The standard InChI is InChI=1S/C20H18FNO/c21-16-8-5-15(6-9-16)20-12-10-17(23-20)13-22-19-11-7-14-3-1-2-4-18(14)19/h1-6,8-10,12,19,22H,7,11,13H2/t19-/m0/s1. The number of rotatable bonds is 4. The molecule has 0 amide bonds. The van der Waals surface area contributed by atoms with Crippen molar-refractivity contribution in [1.82, 2.24) is 5.32 Å². The summed E-state index contributed by atoms with van der Waals surface area (Å²) in [5.74, 6) is 1.43. The van der Waals surface area contributed by atoms with Gasteiger partial charge in [-0.15, -0.1) is 0 Å². The van der Waals surface area contributed by atoms with Crippen LogP contribution in [0.3, 0.4) is 0 Å². The molecule has 2 nitrogen and oxygen atoms in total. The Balaban J connectivity index is 1.44. The third-order valence-corrected chi connectivity index (χ3v) is 4.45. The molecule has 4 rings (SSSR count). The second-order valence-corrected chi connectivity index (χ2v) is 5.94. The molecule has 0 unspecified atom stereocenters. The SMILES string of the molecule is Fc1ccc(-c2ccc(CN[C@H]3CCc4ccccc43)o2)cc1. The van der Waals surface area contributed by atoms with Gasteiger partial charge in [-0.2, -0.15) is 0 Å². The van der Waals surface area contributed by atoms with Crippen molar-refractivity contribution in [3.05, 3.63) is 83.4 Å². The van der Waals surface area contributed by atoms with Crippen LogP contribution in [-0.4, -0.2) is 0 Å². The van der Waals surface area contributed by atoms with Gasteiger partial charge in [-0.3, -0.25) is 0 Å². The van der Waals surface area contributed by atoms with E-state index in [1.807, 2.05) is 12.1 Å². The molecule has 3 aromatic rings. The molecule has 1 heterocycles. The lowest BCUT2D eigenvalue weighted by Gasteiger charge is -2.12. The molecule has 1 aromatic heterocycles. The highest BCUT2D eigenvalue weighted by molar-refractivity contribution is 5.57. The average molecular weight is 307 g/mol. The number of benzene rings is 2. The van der Waals surface area contributed by atoms with E-state index in [2.05, 4.69) is 29.6 Å². The van der Waals surface area contributed by atoms with E-state index in [1.54, 1.807) is 12.1 Å². The normalized spacial score (nSPS) is 16.5. The lowest BCUT2D eigenvalue weighted by atomic mass is 10.1. The third-order valence-electron chi connectivity index (χ3n) is 4.45. The molecular weight excluding hydrogens is 289 g/mol. The van der Waals surface area contributed by atoms with Gasteiger partial charge in [0.2, 0.25) is 0 Å². The number of furan rings is 1. The van der Waals surface area contributed by atoms with Crippen molar-refractivity contribution in [2.45, 2.75) is 25.4 Å². The summed E-state index contributed by atoms with van der Waals surface area (Å²) in [6.45, 7) is 0.695. The van der Waals surface area contributed by atoms with Crippen LogP contribution in [0.5, 0.6) is 0 Å². The average Bonchev–Trinajstić information content (AvgIpc) is 3.20. The third kappa shape index (κ3) is 2.92. The van der Waals surface area contributed by atoms with Crippen molar-refractivity contribution in [2.75, 3.05) is 0 Å². The number of fused-ring (bicyclic) bond motifs is 1. The minimum absolute atomic E-state index is 0.234. The maximum atomic E-state index is 13.0. The van der Waals surface area contributed by atoms with E-state index in [9.17, 15) is 4.39 Å². The fraction of sp³-hybridized carbons (Fsp3) is 0.200. The van der Waals surface area contributed by atoms with Crippen LogP contribution < -0.4 is 5.32 Å². The molecule has 0 bridgehead atoms. The summed E-state index contributed by atoms with van der Waals surface area (Å²) >= 11 is 0. The van der Waals surface area contributed by atoms with Crippen molar-refractivity contribution in [3.63, 3.8) is 0 Å². The minimum atomic E-state index is -0.234. The maximum absolute atomic E-state index is 13.0. The zero-order valence-electron chi connectivity index (χ0n) is 12.8. The lowest BCUT2D eigenvalue weighted by molar-refractivity contribution is 0.454. The Labute approximate surface area is 135 Å². The van der Waals surface area contributed by atoms with Gasteiger partial charge in [0.15, 0.2) is 0 Å². The van der Waals surface area contributed by atoms with Crippen LogP contribution in [-0.2, 0) is 13.0 Å². The summed E-state index contributed by atoms with van der Waals surface area (Å²) in [7, 11) is 0. The quantitative estimate of drug-likeness (QED) is 0.744. The minimum Gasteiger partial charge on any atom is -0.460 e. The summed E-state index contributed by atoms with van der Waals surface area (Å²) in [4.78, 5) is 0. The maximum Gasteiger partial charge on any atom is 0.134 e. The molecule has 0 fully saturated rings. The van der Waals surface area contributed by atoms with Crippen LogP contribution in [0.15, 0.2) is 65.1 Å². The molecular formula is C20H18FNO. The van der Waals surface area contributed by atoms with Gasteiger partial charge < -0.3 is 9.73 Å². The van der Waals surface area contributed by atoms with Crippen molar-refractivity contribution >= 4 is 0 Å². The Bertz CT molecular complexity index is 807. The Morgan fingerprint density at radius 1 is 1.00 bits per heavy atom. The van der Waals surface area contributed by atoms with Crippen LogP contribution in [0.2, 0.25) is 0 Å². The summed E-state index contributed by atoms with van der Waals surface area (Å²) in [6, 6.07) is 19.3. The second kappa shape index (κ2) is 6.01. The van der Waals surface area contributed by atoms with E-state index >= 15 is 0 Å². The number of halogens is 1. The zero-order valence-corrected chi connectivity index (χ0v) is 12.8. The molecule has 23 heavy (non-hydrogen) atoms.